The predicted octanol–water partition coefficient (Wildman–Crippen LogP) is 2.69. The molecule has 0 fully saturated rings. The van der Waals surface area contributed by atoms with Crippen molar-refractivity contribution in [2.75, 3.05) is 5.33 Å². The molecule has 0 atom stereocenters. The van der Waals surface area contributed by atoms with Crippen LogP contribution in [-0.4, -0.2) is 10.3 Å². The van der Waals surface area contributed by atoms with Gasteiger partial charge < -0.3 is 4.98 Å². The smallest absolute Gasteiger partial charge is 0.0124 e. The lowest BCUT2D eigenvalue weighted by Gasteiger charge is -2.19. The second-order valence-electron chi connectivity index (χ2n) is 3.12. The van der Waals surface area contributed by atoms with Crippen molar-refractivity contribution in [3.05, 3.63) is 24.0 Å². The van der Waals surface area contributed by atoms with Gasteiger partial charge in [-0.05, 0) is 11.6 Å². The number of aromatic amines is 1. The van der Waals surface area contributed by atoms with Gasteiger partial charge in [0.1, 0.15) is 0 Å². The summed E-state index contributed by atoms with van der Waals surface area (Å²) in [5, 5.41) is 0.998. The zero-order chi connectivity index (χ0) is 7.61. The molecule has 0 saturated carbocycles. The molecule has 0 aliphatic rings. The summed E-state index contributed by atoms with van der Waals surface area (Å²) >= 11 is 3.48. The molecule has 0 bridgehead atoms. The van der Waals surface area contributed by atoms with Gasteiger partial charge in [-0.2, -0.15) is 0 Å². The molecule has 0 unspecified atom stereocenters. The van der Waals surface area contributed by atoms with Crippen LogP contribution in [0.5, 0.6) is 0 Å². The van der Waals surface area contributed by atoms with E-state index in [4.69, 9.17) is 0 Å². The molecule has 56 valence electrons. The molecule has 1 N–H and O–H groups in total. The molecular formula is C8H12BrN. The highest BCUT2D eigenvalue weighted by atomic mass is 79.9. The Morgan fingerprint density at radius 2 is 2.30 bits per heavy atom. The number of rotatable bonds is 2. The van der Waals surface area contributed by atoms with E-state index in [0.717, 1.165) is 5.33 Å². The third-order valence-corrected chi connectivity index (χ3v) is 3.12. The van der Waals surface area contributed by atoms with Crippen LogP contribution in [0.25, 0.3) is 0 Å². The largest absolute Gasteiger partial charge is 0.367 e. The molecule has 10 heavy (non-hydrogen) atoms. The van der Waals surface area contributed by atoms with Crippen molar-refractivity contribution >= 4 is 15.9 Å². The molecule has 0 aromatic carbocycles. The van der Waals surface area contributed by atoms with E-state index < -0.39 is 0 Å². The van der Waals surface area contributed by atoms with E-state index in [-0.39, 0.29) is 5.41 Å². The van der Waals surface area contributed by atoms with Crippen molar-refractivity contribution in [3.63, 3.8) is 0 Å². The van der Waals surface area contributed by atoms with Gasteiger partial charge >= 0.3 is 0 Å². The molecule has 0 amide bonds. The SMILES string of the molecule is CC(C)(CBr)c1cc[nH]c1. The molecule has 1 aromatic heterocycles. The minimum absolute atomic E-state index is 0.250. The van der Waals surface area contributed by atoms with E-state index in [1.54, 1.807) is 0 Å². The number of nitrogens with one attached hydrogen (secondary N) is 1. The van der Waals surface area contributed by atoms with Crippen molar-refractivity contribution in [2.24, 2.45) is 0 Å². The molecule has 0 aliphatic carbocycles. The van der Waals surface area contributed by atoms with Gasteiger partial charge in [0, 0.05) is 23.1 Å². The third-order valence-electron chi connectivity index (χ3n) is 1.71. The van der Waals surface area contributed by atoms with Gasteiger partial charge in [-0.15, -0.1) is 0 Å². The summed E-state index contributed by atoms with van der Waals surface area (Å²) in [6, 6.07) is 2.11. The predicted molar refractivity (Wildman–Crippen MR) is 47.6 cm³/mol. The standard InChI is InChI=1S/C8H12BrN/c1-8(2,6-9)7-3-4-10-5-7/h3-5,10H,6H2,1-2H3. The monoisotopic (exact) mass is 201 g/mol. The molecule has 0 saturated heterocycles. The maximum Gasteiger partial charge on any atom is 0.0124 e. The Bertz CT molecular complexity index is 189. The van der Waals surface area contributed by atoms with Crippen molar-refractivity contribution in [3.8, 4) is 0 Å². The van der Waals surface area contributed by atoms with Crippen LogP contribution in [0.3, 0.4) is 0 Å². The molecule has 1 nitrogen and oxygen atoms in total. The second-order valence-corrected chi connectivity index (χ2v) is 3.68. The van der Waals surface area contributed by atoms with Crippen LogP contribution in [0.4, 0.5) is 0 Å². The zero-order valence-corrected chi connectivity index (χ0v) is 7.90. The minimum Gasteiger partial charge on any atom is -0.367 e. The summed E-state index contributed by atoms with van der Waals surface area (Å²) in [5.41, 5.74) is 1.60. The van der Waals surface area contributed by atoms with E-state index in [0.29, 0.717) is 0 Å². The Hall–Kier alpha value is -0.240. The number of hydrogen-bond donors (Lipinski definition) is 1. The molecule has 1 heterocycles. The first-order valence-electron chi connectivity index (χ1n) is 3.36. The van der Waals surface area contributed by atoms with Gasteiger partial charge in [0.25, 0.3) is 0 Å². The Kier molecular flexibility index (Phi) is 2.19. The summed E-state index contributed by atoms with van der Waals surface area (Å²) < 4.78 is 0. The van der Waals surface area contributed by atoms with Gasteiger partial charge in [-0.1, -0.05) is 29.8 Å². The van der Waals surface area contributed by atoms with Crippen molar-refractivity contribution in [1.29, 1.82) is 0 Å². The second kappa shape index (κ2) is 2.79. The number of halogens is 1. The molecule has 0 aliphatic heterocycles. The topological polar surface area (TPSA) is 15.8 Å². The number of hydrogen-bond acceptors (Lipinski definition) is 0. The van der Waals surface area contributed by atoms with Crippen LogP contribution in [0, 0.1) is 0 Å². The third kappa shape index (κ3) is 1.43. The maximum absolute atomic E-state index is 3.48. The molecule has 0 radical (unpaired) electrons. The molecule has 1 aromatic rings. The first kappa shape index (κ1) is 7.86. The summed E-state index contributed by atoms with van der Waals surface area (Å²) in [5.74, 6) is 0. The summed E-state index contributed by atoms with van der Waals surface area (Å²) in [6.45, 7) is 4.43. The lowest BCUT2D eigenvalue weighted by molar-refractivity contribution is 0.607. The average Bonchev–Trinajstić information content (AvgIpc) is 2.38. The van der Waals surface area contributed by atoms with Crippen LogP contribution in [0.15, 0.2) is 18.5 Å². The van der Waals surface area contributed by atoms with Crippen LogP contribution in [0.1, 0.15) is 19.4 Å². The Morgan fingerprint density at radius 1 is 1.60 bits per heavy atom. The van der Waals surface area contributed by atoms with Crippen molar-refractivity contribution in [2.45, 2.75) is 19.3 Å². The Labute approximate surface area is 70.0 Å². The summed E-state index contributed by atoms with van der Waals surface area (Å²) in [4.78, 5) is 3.05. The van der Waals surface area contributed by atoms with E-state index in [1.807, 2.05) is 12.4 Å². The van der Waals surface area contributed by atoms with E-state index >= 15 is 0 Å². The number of aromatic nitrogens is 1. The van der Waals surface area contributed by atoms with Crippen molar-refractivity contribution in [1.82, 2.24) is 4.98 Å². The van der Waals surface area contributed by atoms with Gasteiger partial charge in [-0.25, -0.2) is 0 Å². The average molecular weight is 202 g/mol. The first-order chi connectivity index (χ1) is 4.67. The highest BCUT2D eigenvalue weighted by Crippen LogP contribution is 2.24. The number of alkyl halides is 1. The normalized spacial score (nSPS) is 11.9. The van der Waals surface area contributed by atoms with Gasteiger partial charge in [-0.3, -0.25) is 0 Å². The van der Waals surface area contributed by atoms with Gasteiger partial charge in [0.2, 0.25) is 0 Å². The van der Waals surface area contributed by atoms with Gasteiger partial charge in [0.15, 0.2) is 0 Å². The fraction of sp³-hybridized carbons (Fsp3) is 0.500. The summed E-state index contributed by atoms with van der Waals surface area (Å²) in [7, 11) is 0. The highest BCUT2D eigenvalue weighted by Gasteiger charge is 2.18. The zero-order valence-electron chi connectivity index (χ0n) is 6.32. The molecule has 0 spiro atoms. The lowest BCUT2D eigenvalue weighted by Crippen LogP contribution is -2.17. The fourth-order valence-corrected chi connectivity index (χ4v) is 1.15. The highest BCUT2D eigenvalue weighted by molar-refractivity contribution is 9.09. The van der Waals surface area contributed by atoms with Crippen LogP contribution in [-0.2, 0) is 5.41 Å². The lowest BCUT2D eigenvalue weighted by atomic mass is 9.89. The van der Waals surface area contributed by atoms with Crippen LogP contribution in [0.2, 0.25) is 0 Å². The van der Waals surface area contributed by atoms with E-state index in [9.17, 15) is 0 Å². The molecule has 2 heteroatoms. The Morgan fingerprint density at radius 3 is 2.70 bits per heavy atom. The number of H-pyrrole nitrogens is 1. The maximum atomic E-state index is 3.48. The van der Waals surface area contributed by atoms with Crippen LogP contribution < -0.4 is 0 Å². The quantitative estimate of drug-likeness (QED) is 0.709. The fourth-order valence-electron chi connectivity index (χ4n) is 0.822. The van der Waals surface area contributed by atoms with Gasteiger partial charge in [0.05, 0.1) is 0 Å². The first-order valence-corrected chi connectivity index (χ1v) is 4.48. The molecule has 1 rings (SSSR count). The summed E-state index contributed by atoms with van der Waals surface area (Å²) in [6.07, 6.45) is 4.00. The van der Waals surface area contributed by atoms with Crippen LogP contribution >= 0.6 is 15.9 Å². The minimum atomic E-state index is 0.250. The molecular weight excluding hydrogens is 190 g/mol. The van der Waals surface area contributed by atoms with Crippen molar-refractivity contribution < 1.29 is 0 Å². The van der Waals surface area contributed by atoms with E-state index in [2.05, 4.69) is 40.8 Å². The Balaban J connectivity index is 2.85. The van der Waals surface area contributed by atoms with E-state index in [1.165, 1.54) is 5.56 Å².